The molecule has 2 aromatic heterocycles. The molecule has 1 aliphatic heterocycles. The molecule has 196 valence electrons. The van der Waals surface area contributed by atoms with E-state index in [0.29, 0.717) is 0 Å². The summed E-state index contributed by atoms with van der Waals surface area (Å²) in [4.78, 5) is 22.5. The van der Waals surface area contributed by atoms with Crippen LogP contribution < -0.4 is 15.0 Å². The first kappa shape index (κ1) is 24.4. The van der Waals surface area contributed by atoms with Crippen LogP contribution >= 0.6 is 0 Å². The van der Waals surface area contributed by atoms with Gasteiger partial charge in [0, 0.05) is 49.0 Å². The number of nitrogens with one attached hydrogen (secondary N) is 2. The average Bonchev–Trinajstić information content (AvgIpc) is 3.46. The molecule has 0 spiro atoms. The molecule has 38 heavy (non-hydrogen) atoms. The number of piperazine rings is 1. The van der Waals surface area contributed by atoms with Crippen LogP contribution in [-0.4, -0.2) is 66.3 Å². The highest BCUT2D eigenvalue weighted by molar-refractivity contribution is 5.99. The van der Waals surface area contributed by atoms with Gasteiger partial charge < -0.3 is 19.9 Å². The van der Waals surface area contributed by atoms with Crippen LogP contribution in [0, 0.1) is 12.3 Å². The van der Waals surface area contributed by atoms with Crippen molar-refractivity contribution in [3.63, 3.8) is 0 Å². The number of nitrogens with zero attached hydrogens (tertiary/aromatic N) is 4. The number of aromatic nitrogens is 3. The molecular weight excluding hydrogens is 476 g/mol. The fourth-order valence-corrected chi connectivity index (χ4v) is 5.52. The molecule has 1 saturated heterocycles. The Labute approximate surface area is 223 Å². The van der Waals surface area contributed by atoms with Gasteiger partial charge in [0.15, 0.2) is 0 Å². The molecule has 1 aliphatic carbocycles. The summed E-state index contributed by atoms with van der Waals surface area (Å²) in [7, 11) is 3.80. The first-order valence-corrected chi connectivity index (χ1v) is 13.2. The van der Waals surface area contributed by atoms with E-state index < -0.39 is 5.41 Å². The molecule has 3 heterocycles. The maximum Gasteiger partial charge on any atom is 0.230 e. The lowest BCUT2D eigenvalue weighted by atomic mass is 9.98. The Morgan fingerprint density at radius 3 is 2.68 bits per heavy atom. The van der Waals surface area contributed by atoms with Gasteiger partial charge in [-0.15, -0.1) is 0 Å². The molecule has 0 unspecified atom stereocenters. The third kappa shape index (κ3) is 4.39. The third-order valence-corrected chi connectivity index (χ3v) is 8.27. The molecule has 6 rings (SSSR count). The van der Waals surface area contributed by atoms with E-state index in [-0.39, 0.29) is 11.8 Å². The van der Waals surface area contributed by atoms with Crippen LogP contribution in [0.3, 0.4) is 0 Å². The van der Waals surface area contributed by atoms with E-state index in [1.807, 2.05) is 44.3 Å². The van der Waals surface area contributed by atoms with E-state index in [2.05, 4.69) is 61.6 Å². The maximum atomic E-state index is 13.2. The molecule has 1 amide bonds. The number of aromatic amines is 1. The third-order valence-electron chi connectivity index (χ3n) is 8.27. The maximum absolute atomic E-state index is 13.2. The Morgan fingerprint density at radius 1 is 1.11 bits per heavy atom. The van der Waals surface area contributed by atoms with E-state index in [4.69, 9.17) is 4.74 Å². The van der Waals surface area contributed by atoms with Gasteiger partial charge in [0.2, 0.25) is 5.91 Å². The van der Waals surface area contributed by atoms with Gasteiger partial charge >= 0.3 is 0 Å². The highest BCUT2D eigenvalue weighted by atomic mass is 16.5. The summed E-state index contributed by atoms with van der Waals surface area (Å²) in [6.45, 7) is 8.05. The Hall–Kier alpha value is -3.91. The number of rotatable bonds is 6. The summed E-state index contributed by atoms with van der Waals surface area (Å²) in [5.74, 6) is 2.00. The normalized spacial score (nSPS) is 21.5. The van der Waals surface area contributed by atoms with E-state index in [1.54, 1.807) is 7.11 Å². The number of methoxy groups -OCH3 is 1. The number of aryl methyl sites for hydroxylation is 1. The number of amides is 1. The Bertz CT molecular complexity index is 1510. The summed E-state index contributed by atoms with van der Waals surface area (Å²) < 4.78 is 5.28. The van der Waals surface area contributed by atoms with Crippen LogP contribution in [0.15, 0.2) is 54.7 Å². The lowest BCUT2D eigenvalue weighted by Gasteiger charge is -2.33. The Morgan fingerprint density at radius 2 is 1.92 bits per heavy atom. The molecular formula is C30H34N6O2. The number of benzene rings is 2. The van der Waals surface area contributed by atoms with Crippen molar-refractivity contribution in [2.75, 3.05) is 50.6 Å². The van der Waals surface area contributed by atoms with Crippen molar-refractivity contribution < 1.29 is 9.53 Å². The summed E-state index contributed by atoms with van der Waals surface area (Å²) >= 11 is 0. The second-order valence-corrected chi connectivity index (χ2v) is 10.9. The predicted octanol–water partition coefficient (Wildman–Crippen LogP) is 4.83. The fraction of sp³-hybridized carbons (Fsp3) is 0.367. The van der Waals surface area contributed by atoms with E-state index in [9.17, 15) is 4.79 Å². The van der Waals surface area contributed by atoms with Crippen molar-refractivity contribution in [2.24, 2.45) is 5.41 Å². The average molecular weight is 511 g/mol. The SMILES string of the molecule is COc1ccc(NC(=O)[C@]2(C)C[C@H]2c2ccc3c(-c4ccnc(N5CCN(C)CC5)c4)n[nH]c3c2)c(C)c1. The minimum absolute atomic E-state index is 0.0504. The number of H-pyrrole nitrogens is 1. The molecule has 2 N–H and O–H groups in total. The van der Waals surface area contributed by atoms with Gasteiger partial charge in [0.1, 0.15) is 17.3 Å². The van der Waals surface area contributed by atoms with E-state index in [1.165, 1.54) is 0 Å². The van der Waals surface area contributed by atoms with Gasteiger partial charge in [0.05, 0.1) is 18.0 Å². The lowest BCUT2D eigenvalue weighted by molar-refractivity contribution is -0.120. The standard InChI is InChI=1S/C30H34N6O2/c1-19-15-22(38-4)6-8-25(19)32-29(37)30(2)18-24(30)20-5-7-23-26(16-20)33-34-28(23)21-9-10-31-27(17-21)36-13-11-35(3)12-14-36/h5-10,15-17,24H,11-14,18H2,1-4H3,(H,32,37)(H,33,34)/t24-,30+/m0/s1. The molecule has 2 fully saturated rings. The molecule has 2 atom stereocenters. The molecule has 0 radical (unpaired) electrons. The van der Waals surface area contributed by atoms with Gasteiger partial charge in [-0.25, -0.2) is 4.98 Å². The number of pyridine rings is 1. The molecule has 8 nitrogen and oxygen atoms in total. The van der Waals surface area contributed by atoms with Crippen LogP contribution in [0.1, 0.15) is 30.4 Å². The van der Waals surface area contributed by atoms with Crippen LogP contribution in [-0.2, 0) is 4.79 Å². The van der Waals surface area contributed by atoms with Crippen molar-refractivity contribution in [1.82, 2.24) is 20.1 Å². The Balaban J connectivity index is 1.20. The zero-order chi connectivity index (χ0) is 26.4. The van der Waals surface area contributed by atoms with Crippen molar-refractivity contribution in [2.45, 2.75) is 26.2 Å². The minimum Gasteiger partial charge on any atom is -0.497 e. The van der Waals surface area contributed by atoms with Crippen LogP contribution in [0.25, 0.3) is 22.2 Å². The summed E-state index contributed by atoms with van der Waals surface area (Å²) in [5.41, 5.74) is 5.49. The highest BCUT2D eigenvalue weighted by Crippen LogP contribution is 2.59. The molecule has 2 aromatic carbocycles. The Kier molecular flexibility index (Phi) is 6.07. The summed E-state index contributed by atoms with van der Waals surface area (Å²) in [6, 6.07) is 16.3. The fourth-order valence-electron chi connectivity index (χ4n) is 5.52. The lowest BCUT2D eigenvalue weighted by Crippen LogP contribution is -2.44. The summed E-state index contributed by atoms with van der Waals surface area (Å²) in [6.07, 6.45) is 2.69. The molecule has 2 aliphatic rings. The zero-order valence-electron chi connectivity index (χ0n) is 22.4. The number of fused-ring (bicyclic) bond motifs is 1. The first-order valence-electron chi connectivity index (χ1n) is 13.2. The minimum atomic E-state index is -0.439. The van der Waals surface area contributed by atoms with Crippen molar-refractivity contribution in [3.05, 3.63) is 65.9 Å². The van der Waals surface area contributed by atoms with Crippen molar-refractivity contribution in [3.8, 4) is 17.0 Å². The molecule has 1 saturated carbocycles. The second kappa shape index (κ2) is 9.44. The van der Waals surface area contributed by atoms with Crippen LogP contribution in [0.2, 0.25) is 0 Å². The number of likely N-dealkylation sites (N-methyl/N-ethyl adjacent to an activating group) is 1. The van der Waals surface area contributed by atoms with E-state index >= 15 is 0 Å². The number of carbonyl (C=O) groups excluding carboxylic acids is 1. The summed E-state index contributed by atoms with van der Waals surface area (Å²) in [5, 5.41) is 12.1. The zero-order valence-corrected chi connectivity index (χ0v) is 22.4. The number of anilines is 2. The largest absolute Gasteiger partial charge is 0.497 e. The number of ether oxygens (including phenoxy) is 1. The molecule has 8 heteroatoms. The van der Waals surface area contributed by atoms with Crippen LogP contribution in [0.5, 0.6) is 5.75 Å². The number of carbonyl (C=O) groups is 1. The van der Waals surface area contributed by atoms with Gasteiger partial charge in [-0.05, 0) is 73.8 Å². The second-order valence-electron chi connectivity index (χ2n) is 10.9. The van der Waals surface area contributed by atoms with Crippen molar-refractivity contribution >= 4 is 28.3 Å². The molecule has 0 bridgehead atoms. The van der Waals surface area contributed by atoms with E-state index in [0.717, 1.165) is 83.1 Å². The predicted molar refractivity (Wildman–Crippen MR) is 151 cm³/mol. The number of hydrogen-bond donors (Lipinski definition) is 2. The monoisotopic (exact) mass is 510 g/mol. The van der Waals surface area contributed by atoms with Gasteiger partial charge in [-0.2, -0.15) is 5.10 Å². The highest BCUT2D eigenvalue weighted by Gasteiger charge is 2.56. The van der Waals surface area contributed by atoms with Gasteiger partial charge in [0.25, 0.3) is 0 Å². The first-order chi connectivity index (χ1) is 18.4. The smallest absolute Gasteiger partial charge is 0.230 e. The van der Waals surface area contributed by atoms with Crippen LogP contribution in [0.4, 0.5) is 11.5 Å². The topological polar surface area (TPSA) is 86.4 Å². The van der Waals surface area contributed by atoms with Crippen molar-refractivity contribution in [1.29, 1.82) is 0 Å². The molecule has 4 aromatic rings. The quantitative estimate of drug-likeness (QED) is 0.387. The van der Waals surface area contributed by atoms with Gasteiger partial charge in [-0.3, -0.25) is 9.89 Å². The number of hydrogen-bond acceptors (Lipinski definition) is 6. The van der Waals surface area contributed by atoms with Gasteiger partial charge in [-0.1, -0.05) is 19.1 Å².